The van der Waals surface area contributed by atoms with Gasteiger partial charge in [0.25, 0.3) is 0 Å². The number of hydrogen-bond donors (Lipinski definition) is 1. The highest BCUT2D eigenvalue weighted by Gasteiger charge is 2.25. The molecule has 30 heavy (non-hydrogen) atoms. The van der Waals surface area contributed by atoms with E-state index in [2.05, 4.69) is 4.98 Å². The minimum atomic E-state index is -0.775. The Morgan fingerprint density at radius 1 is 1.40 bits per heavy atom. The van der Waals surface area contributed by atoms with Gasteiger partial charge in [-0.3, -0.25) is 0 Å². The average molecular weight is 445 g/mol. The van der Waals surface area contributed by atoms with E-state index in [0.717, 1.165) is 6.08 Å². The van der Waals surface area contributed by atoms with E-state index in [1.807, 2.05) is 6.07 Å². The van der Waals surface area contributed by atoms with Crippen LogP contribution in [-0.4, -0.2) is 22.7 Å². The largest absolute Gasteiger partial charge is 0.506 e. The fourth-order valence-electron chi connectivity index (χ4n) is 3.16. The minimum absolute atomic E-state index is 0.000596. The van der Waals surface area contributed by atoms with Crippen LogP contribution in [0.3, 0.4) is 0 Å². The maximum atomic E-state index is 15.7. The van der Waals surface area contributed by atoms with Crippen LogP contribution in [0, 0.1) is 24.1 Å². The molecule has 0 radical (unpaired) electrons. The number of carbonyl (C=O) groups excluding carboxylic acids is 1. The molecule has 0 saturated carbocycles. The number of halogens is 3. The Morgan fingerprint density at radius 3 is 2.80 bits per heavy atom. The fourth-order valence-corrected chi connectivity index (χ4v) is 3.55. The fraction of sp³-hybridized carbons (Fsp3) is 0.136. The molecule has 0 amide bonds. The Hall–Kier alpha value is -3.14. The number of allylic oxidation sites excluding steroid dienone is 1. The summed E-state index contributed by atoms with van der Waals surface area (Å²) >= 11 is 12.4. The summed E-state index contributed by atoms with van der Waals surface area (Å²) in [5.41, 5.74) is 0.430. The predicted octanol–water partition coefficient (Wildman–Crippen LogP) is 6.08. The molecular weight excluding hydrogens is 430 g/mol. The Morgan fingerprint density at radius 2 is 2.13 bits per heavy atom. The van der Waals surface area contributed by atoms with Gasteiger partial charge in [0, 0.05) is 22.6 Å². The van der Waals surface area contributed by atoms with Gasteiger partial charge >= 0.3 is 5.97 Å². The number of ether oxygens (including phenoxy) is 1. The summed E-state index contributed by atoms with van der Waals surface area (Å²) < 4.78 is 20.7. The lowest BCUT2D eigenvalue weighted by molar-refractivity contribution is 0.0522. The van der Waals surface area contributed by atoms with Crippen LogP contribution in [0.4, 0.5) is 4.39 Å². The molecule has 1 aromatic heterocycles. The summed E-state index contributed by atoms with van der Waals surface area (Å²) in [4.78, 5) is 16.4. The quantitative estimate of drug-likeness (QED) is 0.389. The number of pyridine rings is 1. The number of carbonyl (C=O) groups is 1. The standard InChI is InChI=1S/C22H15Cl2FN2O3/c1-3-30-22(29)16-11(2)27-20-14(21(16)28)10-12(6-5-9-26)17(19(20)25)13-7-4-8-15(23)18(13)24/h4-8,10H,3H2,1-2H3,(H,27,28). The van der Waals surface area contributed by atoms with Crippen molar-refractivity contribution < 1.29 is 19.0 Å². The number of fused-ring (bicyclic) bond motifs is 1. The maximum Gasteiger partial charge on any atom is 0.343 e. The van der Waals surface area contributed by atoms with Crippen LogP contribution in [0.1, 0.15) is 28.5 Å². The SMILES string of the molecule is CCOC(=O)c1c(C)nc2c(F)c(-c3cccc(Cl)c3Cl)c(C=CC#N)cc2c1O. The van der Waals surface area contributed by atoms with Gasteiger partial charge in [-0.15, -0.1) is 0 Å². The number of nitriles is 1. The Balaban J connectivity index is 2.44. The number of aromatic hydroxyl groups is 1. The van der Waals surface area contributed by atoms with Crippen molar-refractivity contribution in [3.63, 3.8) is 0 Å². The van der Waals surface area contributed by atoms with Crippen LogP contribution >= 0.6 is 23.2 Å². The second kappa shape index (κ2) is 8.70. The molecule has 3 aromatic rings. The molecule has 1 N–H and O–H groups in total. The van der Waals surface area contributed by atoms with Crippen LogP contribution < -0.4 is 0 Å². The molecule has 0 saturated heterocycles. The van der Waals surface area contributed by atoms with Gasteiger partial charge in [0.1, 0.15) is 16.8 Å². The van der Waals surface area contributed by atoms with Crippen molar-refractivity contribution in [2.75, 3.05) is 6.61 Å². The zero-order valence-corrected chi connectivity index (χ0v) is 17.5. The molecule has 2 aromatic carbocycles. The topological polar surface area (TPSA) is 83.2 Å². The van der Waals surface area contributed by atoms with E-state index in [1.165, 1.54) is 19.1 Å². The maximum absolute atomic E-state index is 15.7. The molecular formula is C22H15Cl2FN2O3. The van der Waals surface area contributed by atoms with E-state index < -0.39 is 17.5 Å². The van der Waals surface area contributed by atoms with Crippen molar-refractivity contribution in [2.45, 2.75) is 13.8 Å². The second-order valence-corrected chi connectivity index (χ2v) is 7.04. The number of hydrogen-bond acceptors (Lipinski definition) is 5. The lowest BCUT2D eigenvalue weighted by Gasteiger charge is -2.16. The third kappa shape index (κ3) is 3.70. The van der Waals surface area contributed by atoms with Gasteiger partial charge in [-0.25, -0.2) is 14.2 Å². The van der Waals surface area contributed by atoms with Crippen LogP contribution in [0.2, 0.25) is 10.0 Å². The molecule has 3 rings (SSSR count). The van der Waals surface area contributed by atoms with Crippen LogP contribution in [-0.2, 0) is 4.74 Å². The molecule has 0 aliphatic carbocycles. The third-order valence-electron chi connectivity index (χ3n) is 4.44. The molecule has 0 unspecified atom stereocenters. The summed E-state index contributed by atoms with van der Waals surface area (Å²) in [5, 5.41) is 20.0. The van der Waals surface area contributed by atoms with Crippen LogP contribution in [0.15, 0.2) is 30.3 Å². The van der Waals surface area contributed by atoms with E-state index in [4.69, 9.17) is 33.2 Å². The first kappa shape index (κ1) is 21.6. The van der Waals surface area contributed by atoms with Gasteiger partial charge in [-0.05, 0) is 37.6 Å². The molecule has 0 spiro atoms. The number of aromatic nitrogens is 1. The molecule has 8 heteroatoms. The molecule has 152 valence electrons. The number of rotatable bonds is 4. The molecule has 0 atom stereocenters. The monoisotopic (exact) mass is 444 g/mol. The van der Waals surface area contributed by atoms with Crippen molar-refractivity contribution >= 4 is 46.2 Å². The molecule has 5 nitrogen and oxygen atoms in total. The minimum Gasteiger partial charge on any atom is -0.506 e. The normalized spacial score (nSPS) is 11.1. The van der Waals surface area contributed by atoms with Crippen molar-refractivity contribution in [3.8, 4) is 22.9 Å². The first-order chi connectivity index (χ1) is 14.3. The zero-order chi connectivity index (χ0) is 22.0. The first-order valence-corrected chi connectivity index (χ1v) is 9.60. The van der Waals surface area contributed by atoms with E-state index in [1.54, 1.807) is 25.1 Å². The van der Waals surface area contributed by atoms with E-state index in [0.29, 0.717) is 5.56 Å². The van der Waals surface area contributed by atoms with Crippen molar-refractivity contribution in [2.24, 2.45) is 0 Å². The average Bonchev–Trinajstić information content (AvgIpc) is 2.70. The smallest absolute Gasteiger partial charge is 0.343 e. The summed E-state index contributed by atoms with van der Waals surface area (Å²) in [6, 6.07) is 8.05. The Kier molecular flexibility index (Phi) is 6.25. The number of benzene rings is 2. The van der Waals surface area contributed by atoms with Gasteiger partial charge in [-0.2, -0.15) is 5.26 Å². The van der Waals surface area contributed by atoms with Crippen LogP contribution in [0.5, 0.6) is 5.75 Å². The van der Waals surface area contributed by atoms with Gasteiger partial charge in [0.15, 0.2) is 5.82 Å². The van der Waals surface area contributed by atoms with E-state index in [-0.39, 0.29) is 49.9 Å². The molecule has 1 heterocycles. The molecule has 0 aliphatic rings. The second-order valence-electron chi connectivity index (χ2n) is 6.26. The summed E-state index contributed by atoms with van der Waals surface area (Å²) in [7, 11) is 0. The Bertz CT molecular complexity index is 1250. The number of esters is 1. The van der Waals surface area contributed by atoms with Crippen molar-refractivity contribution in [3.05, 3.63) is 63.0 Å². The number of aryl methyl sites for hydroxylation is 1. The molecule has 0 fully saturated rings. The third-order valence-corrected chi connectivity index (χ3v) is 5.26. The Labute approximate surface area is 181 Å². The van der Waals surface area contributed by atoms with E-state index in [9.17, 15) is 9.90 Å². The first-order valence-electron chi connectivity index (χ1n) is 8.85. The van der Waals surface area contributed by atoms with Gasteiger partial charge in [0.2, 0.25) is 0 Å². The zero-order valence-electron chi connectivity index (χ0n) is 16.0. The van der Waals surface area contributed by atoms with Gasteiger partial charge in [-0.1, -0.05) is 35.3 Å². The summed E-state index contributed by atoms with van der Waals surface area (Å²) in [5.74, 6) is -1.99. The van der Waals surface area contributed by atoms with Gasteiger partial charge < -0.3 is 9.84 Å². The van der Waals surface area contributed by atoms with Crippen molar-refractivity contribution in [1.29, 1.82) is 5.26 Å². The lowest BCUT2D eigenvalue weighted by atomic mass is 9.94. The van der Waals surface area contributed by atoms with Crippen LogP contribution in [0.25, 0.3) is 28.1 Å². The summed E-state index contributed by atoms with van der Waals surface area (Å²) in [6.45, 7) is 3.21. The highest BCUT2D eigenvalue weighted by Crippen LogP contribution is 2.42. The highest BCUT2D eigenvalue weighted by molar-refractivity contribution is 6.43. The number of nitrogens with zero attached hydrogens (tertiary/aromatic N) is 2. The van der Waals surface area contributed by atoms with E-state index >= 15 is 4.39 Å². The predicted molar refractivity (Wildman–Crippen MR) is 114 cm³/mol. The lowest BCUT2D eigenvalue weighted by Crippen LogP contribution is -2.09. The summed E-state index contributed by atoms with van der Waals surface area (Å²) in [6.07, 6.45) is 2.53. The van der Waals surface area contributed by atoms with Gasteiger partial charge in [0.05, 0.1) is 28.4 Å². The molecule has 0 bridgehead atoms. The van der Waals surface area contributed by atoms with Crippen molar-refractivity contribution in [1.82, 2.24) is 4.98 Å². The highest BCUT2D eigenvalue weighted by atomic mass is 35.5. The molecule has 0 aliphatic heterocycles.